The van der Waals surface area contributed by atoms with Gasteiger partial charge >= 0.3 is 0 Å². The van der Waals surface area contributed by atoms with Gasteiger partial charge < -0.3 is 24.5 Å². The maximum atomic E-state index is 12.5. The highest BCUT2D eigenvalue weighted by Gasteiger charge is 2.13. The summed E-state index contributed by atoms with van der Waals surface area (Å²) in [5.41, 5.74) is 1.33. The van der Waals surface area contributed by atoms with Crippen molar-refractivity contribution in [1.82, 2.24) is 15.6 Å². The lowest BCUT2D eigenvalue weighted by atomic mass is 10.1. The van der Waals surface area contributed by atoms with Crippen LogP contribution in [0.25, 0.3) is 0 Å². The minimum Gasteiger partial charge on any atom is -0.493 e. The lowest BCUT2D eigenvalue weighted by molar-refractivity contribution is 0.0943. The Morgan fingerprint density at radius 2 is 1.76 bits per heavy atom. The Morgan fingerprint density at radius 3 is 2.48 bits per heavy atom. The first-order valence-electron chi connectivity index (χ1n) is 8.86. The number of hydrogen-bond acceptors (Lipinski definition) is 6. The van der Waals surface area contributed by atoms with Crippen LogP contribution in [0, 0.1) is 0 Å². The molecule has 3 aromatic rings. The van der Waals surface area contributed by atoms with Gasteiger partial charge in [0.05, 0.1) is 27.0 Å². The molecule has 2 amide bonds. The molecule has 29 heavy (non-hydrogen) atoms. The van der Waals surface area contributed by atoms with E-state index in [0.29, 0.717) is 29.4 Å². The average Bonchev–Trinajstić information content (AvgIpc) is 3.29. The molecule has 0 atom stereocenters. The van der Waals surface area contributed by atoms with Crippen molar-refractivity contribution < 1.29 is 23.5 Å². The van der Waals surface area contributed by atoms with Crippen LogP contribution in [0.15, 0.2) is 59.3 Å². The van der Waals surface area contributed by atoms with Gasteiger partial charge in [0.1, 0.15) is 11.5 Å². The van der Waals surface area contributed by atoms with Gasteiger partial charge in [-0.15, -0.1) is 0 Å². The number of pyridine rings is 1. The van der Waals surface area contributed by atoms with Crippen molar-refractivity contribution in [1.29, 1.82) is 0 Å². The summed E-state index contributed by atoms with van der Waals surface area (Å²) in [5, 5.41) is 5.51. The highest BCUT2D eigenvalue weighted by Crippen LogP contribution is 2.27. The maximum absolute atomic E-state index is 12.5. The Kier molecular flexibility index (Phi) is 6.47. The van der Waals surface area contributed by atoms with E-state index in [1.54, 1.807) is 44.6 Å². The summed E-state index contributed by atoms with van der Waals surface area (Å²) in [6.07, 6.45) is 2.95. The molecule has 8 nitrogen and oxygen atoms in total. The minimum absolute atomic E-state index is 0.148. The third-order valence-electron chi connectivity index (χ3n) is 4.16. The summed E-state index contributed by atoms with van der Waals surface area (Å²) in [6, 6.07) is 11.9. The fourth-order valence-electron chi connectivity index (χ4n) is 2.64. The first-order valence-corrected chi connectivity index (χ1v) is 8.86. The zero-order valence-corrected chi connectivity index (χ0v) is 16.1. The number of carbonyl (C=O) groups is 2. The van der Waals surface area contributed by atoms with Crippen molar-refractivity contribution in [2.75, 3.05) is 14.2 Å². The third kappa shape index (κ3) is 5.13. The number of nitrogens with zero attached hydrogens (tertiary/aromatic N) is 1. The van der Waals surface area contributed by atoms with Crippen LogP contribution in [-0.4, -0.2) is 31.0 Å². The third-order valence-corrected chi connectivity index (χ3v) is 4.16. The zero-order chi connectivity index (χ0) is 20.6. The molecule has 0 spiro atoms. The van der Waals surface area contributed by atoms with Crippen molar-refractivity contribution in [2.24, 2.45) is 0 Å². The van der Waals surface area contributed by atoms with Crippen molar-refractivity contribution in [3.8, 4) is 11.5 Å². The number of rotatable bonds is 8. The minimum atomic E-state index is -0.393. The molecule has 3 rings (SSSR count). The second-order valence-corrected chi connectivity index (χ2v) is 6.06. The lowest BCUT2D eigenvalue weighted by Gasteiger charge is -2.10. The van der Waals surface area contributed by atoms with Crippen LogP contribution < -0.4 is 20.1 Å². The molecule has 0 radical (unpaired) electrons. The van der Waals surface area contributed by atoms with Crippen LogP contribution in [0.5, 0.6) is 11.5 Å². The number of aromatic nitrogens is 1. The van der Waals surface area contributed by atoms with Gasteiger partial charge in [0.25, 0.3) is 11.8 Å². The van der Waals surface area contributed by atoms with Gasteiger partial charge in [-0.3, -0.25) is 14.6 Å². The van der Waals surface area contributed by atoms with Crippen molar-refractivity contribution in [2.45, 2.75) is 13.1 Å². The van der Waals surface area contributed by atoms with E-state index in [1.807, 2.05) is 6.07 Å². The first-order chi connectivity index (χ1) is 14.1. The Labute approximate surface area is 167 Å². The Balaban J connectivity index is 1.61. The molecule has 8 heteroatoms. The Bertz CT molecular complexity index is 986. The predicted octanol–water partition coefficient (Wildman–Crippen LogP) is 2.55. The number of benzene rings is 1. The quantitative estimate of drug-likeness (QED) is 0.608. The molecule has 2 N–H and O–H groups in total. The van der Waals surface area contributed by atoms with Gasteiger partial charge in [-0.2, -0.15) is 0 Å². The van der Waals surface area contributed by atoms with Crippen LogP contribution in [0.4, 0.5) is 0 Å². The van der Waals surface area contributed by atoms with Gasteiger partial charge in [0.15, 0.2) is 11.5 Å². The second kappa shape index (κ2) is 9.41. The molecule has 2 aromatic heterocycles. The van der Waals surface area contributed by atoms with E-state index in [9.17, 15) is 9.59 Å². The molecule has 0 unspecified atom stereocenters. The SMILES string of the molecule is COc1ccc(CNC(=O)c2ccnc(C(=O)NCc3ccco3)c2)cc1OC. The molecule has 0 fully saturated rings. The fourth-order valence-corrected chi connectivity index (χ4v) is 2.64. The number of methoxy groups -OCH3 is 2. The van der Waals surface area contributed by atoms with Crippen LogP contribution in [0.3, 0.4) is 0 Å². The van der Waals surface area contributed by atoms with Gasteiger partial charge in [0, 0.05) is 18.3 Å². The topological polar surface area (TPSA) is 103 Å². The van der Waals surface area contributed by atoms with Crippen LogP contribution >= 0.6 is 0 Å². The Hall–Kier alpha value is -3.81. The summed E-state index contributed by atoms with van der Waals surface area (Å²) < 4.78 is 15.6. The molecule has 150 valence electrons. The summed E-state index contributed by atoms with van der Waals surface area (Å²) in [5.74, 6) is 1.11. The molecule has 0 aliphatic rings. The van der Waals surface area contributed by atoms with E-state index < -0.39 is 5.91 Å². The number of furan rings is 1. The monoisotopic (exact) mass is 395 g/mol. The highest BCUT2D eigenvalue weighted by molar-refractivity contribution is 5.98. The molecule has 0 aliphatic carbocycles. The van der Waals surface area contributed by atoms with E-state index in [4.69, 9.17) is 13.9 Å². The van der Waals surface area contributed by atoms with Gasteiger partial charge in [-0.05, 0) is 42.0 Å². The van der Waals surface area contributed by atoms with Crippen LogP contribution in [0.2, 0.25) is 0 Å². The molecule has 2 heterocycles. The van der Waals surface area contributed by atoms with E-state index in [-0.39, 0.29) is 18.1 Å². The predicted molar refractivity (Wildman–Crippen MR) is 105 cm³/mol. The summed E-state index contributed by atoms with van der Waals surface area (Å²) >= 11 is 0. The van der Waals surface area contributed by atoms with Crippen molar-refractivity contribution >= 4 is 11.8 Å². The molecule has 0 aliphatic heterocycles. The van der Waals surface area contributed by atoms with Crippen molar-refractivity contribution in [3.05, 3.63) is 77.5 Å². The van der Waals surface area contributed by atoms with E-state index in [0.717, 1.165) is 5.56 Å². The molecule has 1 aromatic carbocycles. The standard InChI is InChI=1S/C21H21N3O5/c1-27-18-6-5-14(10-19(18)28-2)12-23-20(25)15-7-8-22-17(11-15)21(26)24-13-16-4-3-9-29-16/h3-11H,12-13H2,1-2H3,(H,23,25)(H,24,26). The van der Waals surface area contributed by atoms with Crippen molar-refractivity contribution in [3.63, 3.8) is 0 Å². The summed E-state index contributed by atoms with van der Waals surface area (Å²) in [4.78, 5) is 28.8. The first kappa shape index (κ1) is 19.9. The normalized spacial score (nSPS) is 10.3. The van der Waals surface area contributed by atoms with E-state index in [2.05, 4.69) is 15.6 Å². The maximum Gasteiger partial charge on any atom is 0.270 e. The largest absolute Gasteiger partial charge is 0.493 e. The van der Waals surface area contributed by atoms with Crippen LogP contribution in [-0.2, 0) is 13.1 Å². The smallest absolute Gasteiger partial charge is 0.270 e. The number of nitrogens with one attached hydrogen (secondary N) is 2. The zero-order valence-electron chi connectivity index (χ0n) is 16.1. The molecular weight excluding hydrogens is 374 g/mol. The van der Waals surface area contributed by atoms with Crippen LogP contribution in [0.1, 0.15) is 32.2 Å². The molecular formula is C21H21N3O5. The molecule has 0 saturated heterocycles. The Morgan fingerprint density at radius 1 is 0.966 bits per heavy atom. The number of hydrogen-bond donors (Lipinski definition) is 2. The molecule has 0 bridgehead atoms. The summed E-state index contributed by atoms with van der Waals surface area (Å²) in [6.45, 7) is 0.533. The van der Waals surface area contributed by atoms with E-state index >= 15 is 0 Å². The number of carbonyl (C=O) groups excluding carboxylic acids is 2. The van der Waals surface area contributed by atoms with E-state index in [1.165, 1.54) is 18.5 Å². The average molecular weight is 395 g/mol. The van der Waals surface area contributed by atoms with Gasteiger partial charge in [-0.25, -0.2) is 0 Å². The second-order valence-electron chi connectivity index (χ2n) is 6.06. The summed E-state index contributed by atoms with van der Waals surface area (Å²) in [7, 11) is 3.11. The number of ether oxygens (including phenoxy) is 2. The van der Waals surface area contributed by atoms with Gasteiger partial charge in [-0.1, -0.05) is 6.07 Å². The highest BCUT2D eigenvalue weighted by atomic mass is 16.5. The lowest BCUT2D eigenvalue weighted by Crippen LogP contribution is -2.26. The van der Waals surface area contributed by atoms with Gasteiger partial charge in [0.2, 0.25) is 0 Å². The fraction of sp³-hybridized carbons (Fsp3) is 0.190. The number of amides is 2. The molecule has 0 saturated carbocycles.